The molecule has 0 bridgehead atoms. The summed E-state index contributed by atoms with van der Waals surface area (Å²) in [5.74, 6) is -0.119. The van der Waals surface area contributed by atoms with E-state index in [0.29, 0.717) is 17.2 Å². The van der Waals surface area contributed by atoms with E-state index < -0.39 is 6.04 Å². The standard InChI is InChI=1S/C20H24N2O3S/c1-25-20(24)16(12-14-6-3-2-4-7-14)22-19(23)18-10-9-17(26-18)15-8-5-11-21-13-15/h5,8-11,13-14,16H,2-4,6-7,12H2,1H3,(H,22,23)/t16-/m1/s1. The quantitative estimate of drug-likeness (QED) is 0.777. The lowest BCUT2D eigenvalue weighted by molar-refractivity contribution is -0.143. The van der Waals surface area contributed by atoms with Gasteiger partial charge in [-0.3, -0.25) is 9.78 Å². The molecule has 1 saturated carbocycles. The van der Waals surface area contributed by atoms with Gasteiger partial charge in [-0.15, -0.1) is 11.3 Å². The highest BCUT2D eigenvalue weighted by Crippen LogP contribution is 2.29. The Labute approximate surface area is 157 Å². The van der Waals surface area contributed by atoms with Crippen molar-refractivity contribution in [3.63, 3.8) is 0 Å². The van der Waals surface area contributed by atoms with Gasteiger partial charge in [0, 0.05) is 22.8 Å². The molecule has 1 fully saturated rings. The van der Waals surface area contributed by atoms with Crippen molar-refractivity contribution in [2.24, 2.45) is 5.92 Å². The summed E-state index contributed by atoms with van der Waals surface area (Å²) in [5.41, 5.74) is 0.975. The van der Waals surface area contributed by atoms with Crippen LogP contribution >= 0.6 is 11.3 Å². The number of amides is 1. The van der Waals surface area contributed by atoms with Gasteiger partial charge in [-0.05, 0) is 30.5 Å². The third-order valence-electron chi connectivity index (χ3n) is 4.86. The van der Waals surface area contributed by atoms with Crippen molar-refractivity contribution in [3.8, 4) is 10.4 Å². The number of nitrogens with zero attached hydrogens (tertiary/aromatic N) is 1. The van der Waals surface area contributed by atoms with E-state index in [2.05, 4.69) is 10.3 Å². The molecule has 2 aromatic rings. The molecule has 1 atom stereocenters. The van der Waals surface area contributed by atoms with Crippen LogP contribution in [-0.2, 0) is 9.53 Å². The van der Waals surface area contributed by atoms with E-state index in [-0.39, 0.29) is 11.9 Å². The number of pyridine rings is 1. The van der Waals surface area contributed by atoms with Gasteiger partial charge in [0.15, 0.2) is 0 Å². The Morgan fingerprint density at radius 1 is 1.27 bits per heavy atom. The fourth-order valence-electron chi connectivity index (χ4n) is 3.47. The minimum absolute atomic E-state index is 0.226. The van der Waals surface area contributed by atoms with Crippen molar-refractivity contribution in [1.29, 1.82) is 0 Å². The van der Waals surface area contributed by atoms with Gasteiger partial charge in [-0.1, -0.05) is 38.2 Å². The molecule has 1 amide bonds. The van der Waals surface area contributed by atoms with Crippen LogP contribution < -0.4 is 5.32 Å². The highest BCUT2D eigenvalue weighted by atomic mass is 32.1. The highest BCUT2D eigenvalue weighted by molar-refractivity contribution is 7.17. The summed E-state index contributed by atoms with van der Waals surface area (Å²) >= 11 is 1.40. The summed E-state index contributed by atoms with van der Waals surface area (Å²) in [6.07, 6.45) is 10.0. The van der Waals surface area contributed by atoms with Crippen LogP contribution in [-0.4, -0.2) is 30.0 Å². The Hall–Kier alpha value is -2.21. The zero-order valence-corrected chi connectivity index (χ0v) is 15.8. The molecule has 0 unspecified atom stereocenters. The van der Waals surface area contributed by atoms with Gasteiger partial charge in [0.05, 0.1) is 12.0 Å². The number of aromatic nitrogens is 1. The lowest BCUT2D eigenvalue weighted by atomic mass is 9.85. The van der Waals surface area contributed by atoms with Crippen LogP contribution in [0.2, 0.25) is 0 Å². The van der Waals surface area contributed by atoms with Crippen molar-refractivity contribution in [1.82, 2.24) is 10.3 Å². The fourth-order valence-corrected chi connectivity index (χ4v) is 4.36. The number of rotatable bonds is 6. The maximum atomic E-state index is 12.6. The Morgan fingerprint density at radius 3 is 2.77 bits per heavy atom. The molecule has 26 heavy (non-hydrogen) atoms. The Morgan fingerprint density at radius 2 is 2.08 bits per heavy atom. The summed E-state index contributed by atoms with van der Waals surface area (Å²) in [6.45, 7) is 0. The Kier molecular flexibility index (Phi) is 6.39. The molecule has 0 radical (unpaired) electrons. The van der Waals surface area contributed by atoms with E-state index in [1.165, 1.54) is 37.7 Å². The van der Waals surface area contributed by atoms with E-state index >= 15 is 0 Å². The first-order chi connectivity index (χ1) is 12.7. The SMILES string of the molecule is COC(=O)[C@@H](CC1CCCCC1)NC(=O)c1ccc(-c2cccnc2)s1. The number of esters is 1. The molecule has 0 aromatic carbocycles. The van der Waals surface area contributed by atoms with Crippen molar-refractivity contribution < 1.29 is 14.3 Å². The number of carbonyl (C=O) groups is 2. The second-order valence-electron chi connectivity index (χ2n) is 6.69. The van der Waals surface area contributed by atoms with Gasteiger partial charge in [-0.25, -0.2) is 4.79 Å². The van der Waals surface area contributed by atoms with E-state index in [1.807, 2.05) is 18.2 Å². The molecule has 0 saturated heterocycles. The summed E-state index contributed by atoms with van der Waals surface area (Å²) in [6, 6.07) is 6.94. The number of ether oxygens (including phenoxy) is 1. The molecule has 5 nitrogen and oxygen atoms in total. The first-order valence-electron chi connectivity index (χ1n) is 9.06. The van der Waals surface area contributed by atoms with Gasteiger partial charge in [-0.2, -0.15) is 0 Å². The number of methoxy groups -OCH3 is 1. The number of hydrogen-bond acceptors (Lipinski definition) is 5. The van der Waals surface area contributed by atoms with E-state index in [4.69, 9.17) is 4.74 Å². The van der Waals surface area contributed by atoms with Gasteiger partial charge < -0.3 is 10.1 Å². The second-order valence-corrected chi connectivity index (χ2v) is 7.78. The maximum Gasteiger partial charge on any atom is 0.328 e. The molecule has 2 aromatic heterocycles. The summed E-state index contributed by atoms with van der Waals surface area (Å²) < 4.78 is 4.91. The molecule has 2 heterocycles. The highest BCUT2D eigenvalue weighted by Gasteiger charge is 2.27. The van der Waals surface area contributed by atoms with Crippen LogP contribution in [0, 0.1) is 5.92 Å². The van der Waals surface area contributed by atoms with Crippen LogP contribution in [0.15, 0.2) is 36.7 Å². The molecular weight excluding hydrogens is 348 g/mol. The summed E-state index contributed by atoms with van der Waals surface area (Å²) in [7, 11) is 1.37. The Balaban J connectivity index is 1.67. The van der Waals surface area contributed by atoms with Crippen LogP contribution in [0.1, 0.15) is 48.2 Å². The van der Waals surface area contributed by atoms with Crippen molar-refractivity contribution in [3.05, 3.63) is 41.5 Å². The van der Waals surface area contributed by atoms with Gasteiger partial charge in [0.1, 0.15) is 6.04 Å². The maximum absolute atomic E-state index is 12.6. The average molecular weight is 372 g/mol. The largest absolute Gasteiger partial charge is 0.467 e. The number of hydrogen-bond donors (Lipinski definition) is 1. The van der Waals surface area contributed by atoms with Crippen molar-refractivity contribution >= 4 is 23.2 Å². The number of carbonyl (C=O) groups excluding carboxylic acids is 2. The van der Waals surface area contributed by atoms with Crippen LogP contribution in [0.25, 0.3) is 10.4 Å². The van der Waals surface area contributed by atoms with Gasteiger partial charge >= 0.3 is 5.97 Å². The van der Waals surface area contributed by atoms with Crippen LogP contribution in [0.5, 0.6) is 0 Å². The van der Waals surface area contributed by atoms with Gasteiger partial charge in [0.2, 0.25) is 0 Å². The smallest absolute Gasteiger partial charge is 0.328 e. The number of thiophene rings is 1. The molecule has 138 valence electrons. The predicted octanol–water partition coefficient (Wildman–Crippen LogP) is 4.05. The van der Waals surface area contributed by atoms with Crippen LogP contribution in [0.3, 0.4) is 0 Å². The minimum Gasteiger partial charge on any atom is -0.467 e. The third-order valence-corrected chi connectivity index (χ3v) is 5.99. The summed E-state index contributed by atoms with van der Waals surface area (Å²) in [4.78, 5) is 30.4. The first kappa shape index (κ1) is 18.6. The minimum atomic E-state index is -0.584. The van der Waals surface area contributed by atoms with Crippen molar-refractivity contribution in [2.45, 2.75) is 44.6 Å². The lowest BCUT2D eigenvalue weighted by Crippen LogP contribution is -2.42. The van der Waals surface area contributed by atoms with Crippen LogP contribution in [0.4, 0.5) is 0 Å². The monoisotopic (exact) mass is 372 g/mol. The molecule has 0 aliphatic heterocycles. The molecule has 6 heteroatoms. The van der Waals surface area contributed by atoms with E-state index in [9.17, 15) is 9.59 Å². The first-order valence-corrected chi connectivity index (χ1v) is 9.88. The molecule has 1 aliphatic rings. The second kappa shape index (κ2) is 8.94. The molecule has 1 N–H and O–H groups in total. The molecule has 3 rings (SSSR count). The molecule has 0 spiro atoms. The van der Waals surface area contributed by atoms with Crippen molar-refractivity contribution in [2.75, 3.05) is 7.11 Å². The third kappa shape index (κ3) is 4.69. The van der Waals surface area contributed by atoms with E-state index in [0.717, 1.165) is 23.3 Å². The molecular formula is C20H24N2O3S. The summed E-state index contributed by atoms with van der Waals surface area (Å²) in [5, 5.41) is 2.88. The molecule has 1 aliphatic carbocycles. The lowest BCUT2D eigenvalue weighted by Gasteiger charge is -2.25. The van der Waals surface area contributed by atoms with Gasteiger partial charge in [0.25, 0.3) is 5.91 Å². The Bertz CT molecular complexity index is 739. The van der Waals surface area contributed by atoms with E-state index in [1.54, 1.807) is 18.5 Å². The average Bonchev–Trinajstić information content (AvgIpc) is 3.19. The zero-order valence-electron chi connectivity index (χ0n) is 14.9. The zero-order chi connectivity index (χ0) is 18.4. The predicted molar refractivity (Wildman–Crippen MR) is 102 cm³/mol. The normalized spacial score (nSPS) is 16.0. The topological polar surface area (TPSA) is 68.3 Å². The number of nitrogens with one attached hydrogen (secondary N) is 1. The fraction of sp³-hybridized carbons (Fsp3) is 0.450.